The summed E-state index contributed by atoms with van der Waals surface area (Å²) in [6.07, 6.45) is 0. The van der Waals surface area contributed by atoms with Gasteiger partial charge in [-0.3, -0.25) is 9.59 Å². The Labute approximate surface area is 184 Å². The Balaban J connectivity index is 1.65. The summed E-state index contributed by atoms with van der Waals surface area (Å²) in [6.45, 7) is 3.83. The van der Waals surface area contributed by atoms with Gasteiger partial charge in [-0.05, 0) is 50.2 Å². The summed E-state index contributed by atoms with van der Waals surface area (Å²) in [7, 11) is 1.30. The molecule has 0 aliphatic carbocycles. The molecule has 2 aromatic carbocycles. The maximum absolute atomic E-state index is 12.7. The molecule has 1 aromatic heterocycles. The van der Waals surface area contributed by atoms with Crippen molar-refractivity contribution < 1.29 is 23.9 Å². The fourth-order valence-electron chi connectivity index (χ4n) is 2.90. The Hall–Kier alpha value is -4.21. The number of carbonyl (C=O) groups excluding carboxylic acids is 3. The molecule has 0 saturated carbocycles. The zero-order valence-electron chi connectivity index (χ0n) is 17.9. The SMILES string of the molecule is CCOc1ccccc1NC(=O)c1nnn(CC(=O)Nc2ccc(C(=O)OC)cc2)c1C. The molecule has 32 heavy (non-hydrogen) atoms. The molecule has 0 aliphatic rings. The van der Waals surface area contributed by atoms with Crippen LogP contribution in [-0.2, 0) is 16.1 Å². The molecular weight excluding hydrogens is 414 g/mol. The van der Waals surface area contributed by atoms with Gasteiger partial charge in [0.1, 0.15) is 12.3 Å². The normalized spacial score (nSPS) is 10.3. The number of hydrogen-bond donors (Lipinski definition) is 2. The topological polar surface area (TPSA) is 124 Å². The van der Waals surface area contributed by atoms with E-state index in [4.69, 9.17) is 4.74 Å². The molecule has 0 aliphatic heterocycles. The van der Waals surface area contributed by atoms with Gasteiger partial charge in [0, 0.05) is 5.69 Å². The second-order valence-corrected chi connectivity index (χ2v) is 6.68. The van der Waals surface area contributed by atoms with E-state index in [1.165, 1.54) is 11.8 Å². The zero-order chi connectivity index (χ0) is 23.1. The van der Waals surface area contributed by atoms with Crippen LogP contribution < -0.4 is 15.4 Å². The third kappa shape index (κ3) is 5.28. The highest BCUT2D eigenvalue weighted by atomic mass is 16.5. The summed E-state index contributed by atoms with van der Waals surface area (Å²) in [5.41, 5.74) is 1.94. The summed E-state index contributed by atoms with van der Waals surface area (Å²) >= 11 is 0. The number of hydrogen-bond acceptors (Lipinski definition) is 7. The van der Waals surface area contributed by atoms with Crippen molar-refractivity contribution in [3.63, 3.8) is 0 Å². The summed E-state index contributed by atoms with van der Waals surface area (Å²) in [5.74, 6) is -0.737. The molecule has 10 heteroatoms. The van der Waals surface area contributed by atoms with Crippen molar-refractivity contribution in [2.45, 2.75) is 20.4 Å². The molecule has 0 bridgehead atoms. The minimum atomic E-state index is -0.462. The number of benzene rings is 2. The summed E-state index contributed by atoms with van der Waals surface area (Å²) < 4.78 is 11.5. The average molecular weight is 437 g/mol. The van der Waals surface area contributed by atoms with Crippen LogP contribution in [0.2, 0.25) is 0 Å². The molecule has 1 heterocycles. The second kappa shape index (κ2) is 10.2. The number of ether oxygens (including phenoxy) is 2. The van der Waals surface area contributed by atoms with Gasteiger partial charge < -0.3 is 20.1 Å². The summed E-state index contributed by atoms with van der Waals surface area (Å²) in [4.78, 5) is 36.5. The number of nitrogens with one attached hydrogen (secondary N) is 2. The lowest BCUT2D eigenvalue weighted by molar-refractivity contribution is -0.117. The van der Waals surface area contributed by atoms with Crippen molar-refractivity contribution in [1.82, 2.24) is 15.0 Å². The smallest absolute Gasteiger partial charge is 0.337 e. The van der Waals surface area contributed by atoms with Crippen molar-refractivity contribution in [3.8, 4) is 5.75 Å². The zero-order valence-corrected chi connectivity index (χ0v) is 17.9. The highest BCUT2D eigenvalue weighted by molar-refractivity contribution is 6.04. The Morgan fingerprint density at radius 2 is 1.75 bits per heavy atom. The van der Waals surface area contributed by atoms with Crippen LogP contribution in [0.25, 0.3) is 0 Å². The van der Waals surface area contributed by atoms with Crippen molar-refractivity contribution in [1.29, 1.82) is 0 Å². The number of aromatic nitrogens is 3. The number of carbonyl (C=O) groups is 3. The molecule has 3 aromatic rings. The van der Waals surface area contributed by atoms with E-state index in [0.29, 0.717) is 35.0 Å². The van der Waals surface area contributed by atoms with E-state index >= 15 is 0 Å². The van der Waals surface area contributed by atoms with Crippen LogP contribution in [0.4, 0.5) is 11.4 Å². The molecule has 0 spiro atoms. The molecule has 0 saturated heterocycles. The first kappa shape index (κ1) is 22.5. The maximum Gasteiger partial charge on any atom is 0.337 e. The van der Waals surface area contributed by atoms with Crippen LogP contribution >= 0.6 is 0 Å². The number of nitrogens with zero attached hydrogens (tertiary/aromatic N) is 3. The molecule has 0 unspecified atom stereocenters. The standard InChI is InChI=1S/C22H23N5O5/c1-4-32-18-8-6-5-7-17(18)24-21(29)20-14(2)27(26-25-20)13-19(28)23-16-11-9-15(10-12-16)22(30)31-3/h5-12H,4,13H2,1-3H3,(H,23,28)(H,24,29). The van der Waals surface area contributed by atoms with Crippen LogP contribution in [0, 0.1) is 6.92 Å². The lowest BCUT2D eigenvalue weighted by atomic mass is 10.2. The fraction of sp³-hybridized carbons (Fsp3) is 0.227. The molecule has 0 fully saturated rings. The quantitative estimate of drug-likeness (QED) is 0.519. The van der Waals surface area contributed by atoms with E-state index in [1.54, 1.807) is 49.4 Å². The molecule has 0 atom stereocenters. The van der Waals surface area contributed by atoms with Crippen molar-refractivity contribution in [2.75, 3.05) is 24.4 Å². The van der Waals surface area contributed by atoms with Crippen LogP contribution in [-0.4, -0.2) is 46.5 Å². The monoisotopic (exact) mass is 437 g/mol. The molecule has 2 amide bonds. The van der Waals surface area contributed by atoms with Crippen molar-refractivity contribution in [3.05, 3.63) is 65.5 Å². The van der Waals surface area contributed by atoms with Gasteiger partial charge in [0.05, 0.1) is 30.7 Å². The predicted molar refractivity (Wildman–Crippen MR) is 117 cm³/mol. The highest BCUT2D eigenvalue weighted by Gasteiger charge is 2.19. The highest BCUT2D eigenvalue weighted by Crippen LogP contribution is 2.24. The largest absolute Gasteiger partial charge is 0.492 e. The minimum Gasteiger partial charge on any atom is -0.492 e. The third-order valence-electron chi connectivity index (χ3n) is 4.52. The molecular formula is C22H23N5O5. The van der Waals surface area contributed by atoms with Crippen LogP contribution in [0.5, 0.6) is 5.75 Å². The Bertz CT molecular complexity index is 1120. The molecule has 10 nitrogen and oxygen atoms in total. The fourth-order valence-corrected chi connectivity index (χ4v) is 2.90. The average Bonchev–Trinajstić information content (AvgIpc) is 3.15. The van der Waals surface area contributed by atoms with Crippen molar-refractivity contribution >= 4 is 29.2 Å². The van der Waals surface area contributed by atoms with Gasteiger partial charge in [-0.25, -0.2) is 9.48 Å². The number of esters is 1. The molecule has 166 valence electrons. The van der Waals surface area contributed by atoms with E-state index < -0.39 is 11.9 Å². The van der Waals surface area contributed by atoms with Gasteiger partial charge in [-0.2, -0.15) is 0 Å². The molecule has 0 radical (unpaired) electrons. The van der Waals surface area contributed by atoms with Gasteiger partial charge in [0.2, 0.25) is 5.91 Å². The van der Waals surface area contributed by atoms with Gasteiger partial charge in [-0.1, -0.05) is 17.3 Å². The van der Waals surface area contributed by atoms with E-state index in [1.807, 2.05) is 13.0 Å². The summed E-state index contributed by atoms with van der Waals surface area (Å²) in [5, 5.41) is 13.3. The van der Waals surface area contributed by atoms with E-state index in [-0.39, 0.29) is 18.1 Å². The lowest BCUT2D eigenvalue weighted by Gasteiger charge is -2.10. The second-order valence-electron chi connectivity index (χ2n) is 6.68. The number of amides is 2. The Kier molecular flexibility index (Phi) is 7.17. The van der Waals surface area contributed by atoms with Gasteiger partial charge in [0.15, 0.2) is 5.69 Å². The van der Waals surface area contributed by atoms with E-state index in [0.717, 1.165) is 0 Å². The Morgan fingerprint density at radius 1 is 1.03 bits per heavy atom. The number of rotatable bonds is 8. The van der Waals surface area contributed by atoms with Crippen LogP contribution in [0.1, 0.15) is 33.5 Å². The van der Waals surface area contributed by atoms with E-state index in [9.17, 15) is 14.4 Å². The van der Waals surface area contributed by atoms with Gasteiger partial charge >= 0.3 is 5.97 Å². The van der Waals surface area contributed by atoms with Crippen LogP contribution in [0.3, 0.4) is 0 Å². The van der Waals surface area contributed by atoms with Gasteiger partial charge in [-0.15, -0.1) is 5.10 Å². The first-order valence-electron chi connectivity index (χ1n) is 9.84. The van der Waals surface area contributed by atoms with Crippen LogP contribution in [0.15, 0.2) is 48.5 Å². The summed E-state index contributed by atoms with van der Waals surface area (Å²) in [6, 6.07) is 13.3. The number of methoxy groups -OCH3 is 1. The predicted octanol–water partition coefficient (Wildman–Crippen LogP) is 2.66. The first-order chi connectivity index (χ1) is 15.4. The first-order valence-corrected chi connectivity index (χ1v) is 9.84. The third-order valence-corrected chi connectivity index (χ3v) is 4.52. The minimum absolute atomic E-state index is 0.103. The van der Waals surface area contributed by atoms with Gasteiger partial charge in [0.25, 0.3) is 5.91 Å². The lowest BCUT2D eigenvalue weighted by Crippen LogP contribution is -2.21. The molecule has 3 rings (SSSR count). The number of anilines is 2. The number of para-hydroxylation sites is 2. The molecule has 2 N–H and O–H groups in total. The Morgan fingerprint density at radius 3 is 2.44 bits per heavy atom. The van der Waals surface area contributed by atoms with E-state index in [2.05, 4.69) is 25.7 Å². The maximum atomic E-state index is 12.7. The van der Waals surface area contributed by atoms with Crippen molar-refractivity contribution in [2.24, 2.45) is 0 Å².